The van der Waals surface area contributed by atoms with Crippen molar-refractivity contribution in [3.8, 4) is 0 Å². The van der Waals surface area contributed by atoms with E-state index in [4.69, 9.17) is 4.74 Å². The van der Waals surface area contributed by atoms with Gasteiger partial charge in [0.2, 0.25) is 5.91 Å². The van der Waals surface area contributed by atoms with E-state index in [1.54, 1.807) is 20.8 Å². The normalized spacial score (nSPS) is 11.8. The molecule has 136 valence electrons. The van der Waals surface area contributed by atoms with Gasteiger partial charge in [0.05, 0.1) is 7.11 Å². The van der Waals surface area contributed by atoms with E-state index in [1.807, 2.05) is 30.3 Å². The zero-order valence-electron chi connectivity index (χ0n) is 14.9. The third-order valence-electron chi connectivity index (χ3n) is 3.00. The summed E-state index contributed by atoms with van der Waals surface area (Å²) in [6.45, 7) is 8.60. The van der Waals surface area contributed by atoms with Gasteiger partial charge in [-0.1, -0.05) is 36.9 Å². The molecule has 0 heterocycles. The highest BCUT2D eigenvalue weighted by molar-refractivity contribution is 5.95. The highest BCUT2D eigenvalue weighted by Gasteiger charge is 2.26. The Kier molecular flexibility index (Phi) is 7.17. The second-order valence-corrected chi connectivity index (χ2v) is 6.35. The van der Waals surface area contributed by atoms with Gasteiger partial charge in [-0.05, 0) is 26.3 Å². The third kappa shape index (κ3) is 7.52. The van der Waals surface area contributed by atoms with Gasteiger partial charge in [0.15, 0.2) is 0 Å². The molecule has 0 radical (unpaired) electrons. The first-order valence-corrected chi connectivity index (χ1v) is 7.74. The zero-order valence-corrected chi connectivity index (χ0v) is 14.9. The van der Waals surface area contributed by atoms with E-state index in [-0.39, 0.29) is 12.1 Å². The molecule has 0 aliphatic rings. The SMILES string of the molecule is C=C(NC(=O)[C@H](Cc1ccccc1)NC(=O)OC(C)(C)C)C(=O)OC. The number of benzene rings is 1. The lowest BCUT2D eigenvalue weighted by molar-refractivity contribution is -0.138. The van der Waals surface area contributed by atoms with Crippen molar-refractivity contribution in [3.63, 3.8) is 0 Å². The van der Waals surface area contributed by atoms with Crippen LogP contribution in [0.1, 0.15) is 26.3 Å². The first-order chi connectivity index (χ1) is 11.6. The molecule has 0 fully saturated rings. The van der Waals surface area contributed by atoms with Gasteiger partial charge in [0.25, 0.3) is 0 Å². The molecule has 0 aromatic heterocycles. The standard InChI is InChI=1S/C18H24N2O5/c1-12(16(22)24-5)19-15(21)14(11-13-9-7-6-8-10-13)20-17(23)25-18(2,3)4/h6-10,14H,1,11H2,2-5H3,(H,19,21)(H,20,23)/t14-/m0/s1. The Bertz CT molecular complexity index is 635. The van der Waals surface area contributed by atoms with Gasteiger partial charge in [-0.3, -0.25) is 4.79 Å². The molecule has 1 aromatic rings. The van der Waals surface area contributed by atoms with Crippen molar-refractivity contribution < 1.29 is 23.9 Å². The molecule has 7 nitrogen and oxygen atoms in total. The number of hydrogen-bond donors (Lipinski definition) is 2. The van der Waals surface area contributed by atoms with Crippen molar-refractivity contribution >= 4 is 18.0 Å². The Morgan fingerprint density at radius 1 is 1.16 bits per heavy atom. The fourth-order valence-electron chi connectivity index (χ4n) is 1.92. The van der Waals surface area contributed by atoms with Crippen LogP contribution in [-0.2, 0) is 25.5 Å². The Morgan fingerprint density at radius 3 is 2.28 bits per heavy atom. The van der Waals surface area contributed by atoms with Crippen LogP contribution in [0, 0.1) is 0 Å². The van der Waals surface area contributed by atoms with Crippen molar-refractivity contribution in [1.29, 1.82) is 0 Å². The summed E-state index contributed by atoms with van der Waals surface area (Å²) >= 11 is 0. The molecule has 7 heteroatoms. The maximum absolute atomic E-state index is 12.4. The van der Waals surface area contributed by atoms with Crippen LogP contribution in [0.15, 0.2) is 42.6 Å². The van der Waals surface area contributed by atoms with Crippen LogP contribution in [0.4, 0.5) is 4.79 Å². The number of carbonyl (C=O) groups excluding carboxylic acids is 3. The number of carbonyl (C=O) groups is 3. The molecule has 2 N–H and O–H groups in total. The average Bonchev–Trinajstić information content (AvgIpc) is 2.52. The second-order valence-electron chi connectivity index (χ2n) is 6.35. The Morgan fingerprint density at radius 2 is 1.76 bits per heavy atom. The summed E-state index contributed by atoms with van der Waals surface area (Å²) in [5.74, 6) is -1.35. The molecule has 0 saturated carbocycles. The molecule has 0 aliphatic heterocycles. The van der Waals surface area contributed by atoms with E-state index in [1.165, 1.54) is 7.11 Å². The van der Waals surface area contributed by atoms with Crippen LogP contribution < -0.4 is 10.6 Å². The van der Waals surface area contributed by atoms with Gasteiger partial charge in [-0.25, -0.2) is 9.59 Å². The molecule has 1 atom stereocenters. The molecule has 25 heavy (non-hydrogen) atoms. The minimum Gasteiger partial charge on any atom is -0.464 e. The maximum Gasteiger partial charge on any atom is 0.408 e. The molecule has 1 aromatic carbocycles. The summed E-state index contributed by atoms with van der Waals surface area (Å²) in [7, 11) is 1.18. The molecular formula is C18H24N2O5. The minimum absolute atomic E-state index is 0.212. The number of methoxy groups -OCH3 is 1. The third-order valence-corrected chi connectivity index (χ3v) is 3.00. The number of hydrogen-bond acceptors (Lipinski definition) is 5. The van der Waals surface area contributed by atoms with Gasteiger partial charge in [0, 0.05) is 6.42 Å². The molecule has 0 spiro atoms. The predicted molar refractivity (Wildman–Crippen MR) is 92.6 cm³/mol. The van der Waals surface area contributed by atoms with E-state index >= 15 is 0 Å². The van der Waals surface area contributed by atoms with Crippen molar-refractivity contribution in [3.05, 3.63) is 48.2 Å². The van der Waals surface area contributed by atoms with Crippen LogP contribution in [0.5, 0.6) is 0 Å². The summed E-state index contributed by atoms with van der Waals surface area (Å²) in [5.41, 5.74) is -0.0769. The van der Waals surface area contributed by atoms with Crippen molar-refractivity contribution in [1.82, 2.24) is 10.6 Å². The molecule has 0 unspecified atom stereocenters. The molecule has 0 aliphatic carbocycles. The van der Waals surface area contributed by atoms with E-state index in [0.717, 1.165) is 5.56 Å². The Labute approximate surface area is 147 Å². The first-order valence-electron chi connectivity index (χ1n) is 7.74. The maximum atomic E-state index is 12.4. The van der Waals surface area contributed by atoms with Crippen molar-refractivity contribution in [2.75, 3.05) is 7.11 Å². The average molecular weight is 348 g/mol. The van der Waals surface area contributed by atoms with Crippen LogP contribution in [-0.4, -0.2) is 36.7 Å². The molecule has 0 saturated heterocycles. The molecule has 0 bridgehead atoms. The van der Waals surface area contributed by atoms with E-state index in [0.29, 0.717) is 0 Å². The lowest BCUT2D eigenvalue weighted by Gasteiger charge is -2.23. The van der Waals surface area contributed by atoms with E-state index < -0.39 is 29.6 Å². The lowest BCUT2D eigenvalue weighted by Crippen LogP contribution is -2.49. The van der Waals surface area contributed by atoms with Crippen molar-refractivity contribution in [2.45, 2.75) is 38.8 Å². The fourth-order valence-corrected chi connectivity index (χ4v) is 1.92. The van der Waals surface area contributed by atoms with Crippen LogP contribution >= 0.6 is 0 Å². The zero-order chi connectivity index (χ0) is 19.0. The summed E-state index contributed by atoms with van der Waals surface area (Å²) in [6.07, 6.45) is -0.507. The Hall–Kier alpha value is -2.83. The van der Waals surface area contributed by atoms with Crippen molar-refractivity contribution in [2.24, 2.45) is 0 Å². The Balaban J connectivity index is 2.86. The van der Waals surface area contributed by atoms with E-state index in [2.05, 4.69) is 21.9 Å². The number of alkyl carbamates (subject to hydrolysis) is 1. The van der Waals surface area contributed by atoms with Crippen LogP contribution in [0.2, 0.25) is 0 Å². The van der Waals surface area contributed by atoms with Crippen LogP contribution in [0.3, 0.4) is 0 Å². The number of esters is 1. The number of rotatable bonds is 6. The fraction of sp³-hybridized carbons (Fsp3) is 0.389. The van der Waals surface area contributed by atoms with E-state index in [9.17, 15) is 14.4 Å². The highest BCUT2D eigenvalue weighted by atomic mass is 16.6. The molecule has 2 amide bonds. The van der Waals surface area contributed by atoms with Gasteiger partial charge in [-0.2, -0.15) is 0 Å². The summed E-state index contributed by atoms with van der Waals surface area (Å²) < 4.78 is 9.68. The van der Waals surface area contributed by atoms with Gasteiger partial charge >= 0.3 is 12.1 Å². The van der Waals surface area contributed by atoms with Gasteiger partial charge < -0.3 is 20.1 Å². The first kappa shape index (κ1) is 20.2. The summed E-state index contributed by atoms with van der Waals surface area (Å²) in [4.78, 5) is 35.8. The quantitative estimate of drug-likeness (QED) is 0.605. The number of ether oxygens (including phenoxy) is 2. The van der Waals surface area contributed by atoms with Gasteiger partial charge in [-0.15, -0.1) is 0 Å². The minimum atomic E-state index is -0.946. The largest absolute Gasteiger partial charge is 0.464 e. The monoisotopic (exact) mass is 348 g/mol. The van der Waals surface area contributed by atoms with Gasteiger partial charge in [0.1, 0.15) is 17.3 Å². The number of nitrogens with one attached hydrogen (secondary N) is 2. The predicted octanol–water partition coefficient (Wildman–Crippen LogP) is 1.93. The smallest absolute Gasteiger partial charge is 0.408 e. The summed E-state index contributed by atoms with van der Waals surface area (Å²) in [5, 5.41) is 4.86. The lowest BCUT2D eigenvalue weighted by atomic mass is 10.1. The molecule has 1 rings (SSSR count). The summed E-state index contributed by atoms with van der Waals surface area (Å²) in [6, 6.07) is 8.20. The number of amides is 2. The molecular weight excluding hydrogens is 324 g/mol. The second kappa shape index (κ2) is 8.86. The topological polar surface area (TPSA) is 93.7 Å². The van der Waals surface area contributed by atoms with Crippen LogP contribution in [0.25, 0.3) is 0 Å². The highest BCUT2D eigenvalue weighted by Crippen LogP contribution is 2.09.